The fourth-order valence-electron chi connectivity index (χ4n) is 2.62. The van der Waals surface area contributed by atoms with Crippen LogP contribution >= 0.6 is 0 Å². The van der Waals surface area contributed by atoms with Crippen LogP contribution in [0.3, 0.4) is 0 Å². The minimum Gasteiger partial charge on any atom is -0.477 e. The number of ether oxygens (including phenoxy) is 1. The van der Waals surface area contributed by atoms with Gasteiger partial charge in [0.2, 0.25) is 5.88 Å². The molecule has 20 heavy (non-hydrogen) atoms. The van der Waals surface area contributed by atoms with Gasteiger partial charge in [-0.2, -0.15) is 4.98 Å². The van der Waals surface area contributed by atoms with Crippen molar-refractivity contribution >= 4 is 5.82 Å². The third-order valence-electron chi connectivity index (χ3n) is 3.80. The Morgan fingerprint density at radius 1 is 1.40 bits per heavy atom. The molecule has 1 aromatic rings. The number of likely N-dealkylation sites (tertiary alicyclic amines) is 1. The summed E-state index contributed by atoms with van der Waals surface area (Å²) in [5, 5.41) is 3.22. The van der Waals surface area contributed by atoms with Crippen molar-refractivity contribution in [1.29, 1.82) is 0 Å². The van der Waals surface area contributed by atoms with Crippen LogP contribution in [0.5, 0.6) is 5.88 Å². The number of nitrogens with zero attached hydrogens (tertiary/aromatic N) is 3. The molecule has 5 nitrogen and oxygen atoms in total. The fraction of sp³-hybridized carbons (Fsp3) is 0.733. The fourth-order valence-corrected chi connectivity index (χ4v) is 2.62. The summed E-state index contributed by atoms with van der Waals surface area (Å²) in [6, 6.07) is 2.55. The number of anilines is 1. The van der Waals surface area contributed by atoms with Crippen LogP contribution in [0.1, 0.15) is 38.9 Å². The summed E-state index contributed by atoms with van der Waals surface area (Å²) in [6.07, 6.45) is 4.48. The van der Waals surface area contributed by atoms with E-state index < -0.39 is 0 Å². The van der Waals surface area contributed by atoms with E-state index in [1.807, 2.05) is 6.07 Å². The predicted octanol–water partition coefficient (Wildman–Crippen LogP) is 2.33. The number of hydrogen-bond donors (Lipinski definition) is 1. The highest BCUT2D eigenvalue weighted by Crippen LogP contribution is 2.19. The summed E-state index contributed by atoms with van der Waals surface area (Å²) in [7, 11) is 2.20. The summed E-state index contributed by atoms with van der Waals surface area (Å²) in [6.45, 7) is 6.91. The van der Waals surface area contributed by atoms with Gasteiger partial charge >= 0.3 is 0 Å². The first-order valence-corrected chi connectivity index (χ1v) is 7.67. The average Bonchev–Trinajstić information content (AvgIpc) is 2.84. The molecule has 0 radical (unpaired) electrons. The highest BCUT2D eigenvalue weighted by molar-refractivity contribution is 5.38. The largest absolute Gasteiger partial charge is 0.477 e. The van der Waals surface area contributed by atoms with Gasteiger partial charge in [0.05, 0.1) is 6.61 Å². The molecule has 1 atom stereocenters. The van der Waals surface area contributed by atoms with Gasteiger partial charge in [-0.15, -0.1) is 0 Å². The maximum absolute atomic E-state index is 5.83. The lowest BCUT2D eigenvalue weighted by atomic mass is 10.1. The molecule has 0 aliphatic carbocycles. The Hall–Kier alpha value is -1.36. The topological polar surface area (TPSA) is 50.3 Å². The van der Waals surface area contributed by atoms with Gasteiger partial charge in [0.1, 0.15) is 11.6 Å². The maximum atomic E-state index is 5.83. The predicted molar refractivity (Wildman–Crippen MR) is 81.3 cm³/mol. The van der Waals surface area contributed by atoms with Crippen LogP contribution in [0.4, 0.5) is 5.82 Å². The lowest BCUT2D eigenvalue weighted by Crippen LogP contribution is -2.26. The van der Waals surface area contributed by atoms with E-state index in [1.165, 1.54) is 19.4 Å². The van der Waals surface area contributed by atoms with Crippen LogP contribution in [0, 0.1) is 0 Å². The van der Waals surface area contributed by atoms with E-state index in [0.29, 0.717) is 11.9 Å². The molecule has 1 fully saturated rings. The van der Waals surface area contributed by atoms with E-state index in [0.717, 1.165) is 37.6 Å². The molecule has 1 aliphatic heterocycles. The minimum absolute atomic E-state index is 0.663. The highest BCUT2D eigenvalue weighted by atomic mass is 16.5. The molecular weight excluding hydrogens is 252 g/mol. The van der Waals surface area contributed by atoms with E-state index in [4.69, 9.17) is 4.74 Å². The van der Waals surface area contributed by atoms with Crippen molar-refractivity contribution in [2.24, 2.45) is 0 Å². The Balaban J connectivity index is 1.89. The molecule has 0 amide bonds. The quantitative estimate of drug-likeness (QED) is 0.829. The van der Waals surface area contributed by atoms with Crippen LogP contribution in [0.15, 0.2) is 6.07 Å². The Labute approximate surface area is 121 Å². The van der Waals surface area contributed by atoms with Crippen LogP contribution in [-0.2, 0) is 6.42 Å². The van der Waals surface area contributed by atoms with Gasteiger partial charge < -0.3 is 15.0 Å². The van der Waals surface area contributed by atoms with Gasteiger partial charge in [-0.3, -0.25) is 0 Å². The number of rotatable bonds is 7. The molecule has 2 heterocycles. The smallest absolute Gasteiger partial charge is 0.218 e. The molecule has 1 N–H and O–H groups in total. The van der Waals surface area contributed by atoms with Gasteiger partial charge in [-0.25, -0.2) is 4.98 Å². The zero-order valence-electron chi connectivity index (χ0n) is 12.9. The summed E-state index contributed by atoms with van der Waals surface area (Å²) in [4.78, 5) is 11.3. The standard InChI is InChI=1S/C15H26N4O/c1-4-13-17-14(16-5-2)11-15(18-13)20-10-8-12-7-6-9-19(12)3/h11-12H,4-10H2,1-3H3,(H,16,17,18). The van der Waals surface area contributed by atoms with E-state index in [1.54, 1.807) is 0 Å². The second kappa shape index (κ2) is 7.43. The van der Waals surface area contributed by atoms with Crippen molar-refractivity contribution in [2.75, 3.05) is 32.1 Å². The van der Waals surface area contributed by atoms with Crippen molar-refractivity contribution in [3.8, 4) is 5.88 Å². The number of aromatic nitrogens is 2. The third-order valence-corrected chi connectivity index (χ3v) is 3.80. The zero-order valence-corrected chi connectivity index (χ0v) is 12.9. The molecule has 1 aromatic heterocycles. The summed E-state index contributed by atoms with van der Waals surface area (Å²) < 4.78 is 5.83. The summed E-state index contributed by atoms with van der Waals surface area (Å²) in [5.74, 6) is 2.37. The first-order chi connectivity index (χ1) is 9.72. The van der Waals surface area contributed by atoms with Gasteiger partial charge in [0.25, 0.3) is 0 Å². The van der Waals surface area contributed by atoms with Crippen LogP contribution in [-0.4, -0.2) is 47.7 Å². The summed E-state index contributed by atoms with van der Waals surface area (Å²) >= 11 is 0. The first kappa shape index (κ1) is 15.0. The molecule has 1 aliphatic rings. The second-order valence-corrected chi connectivity index (χ2v) is 5.31. The molecule has 0 saturated carbocycles. The Kier molecular flexibility index (Phi) is 5.59. The first-order valence-electron chi connectivity index (χ1n) is 7.67. The number of nitrogens with one attached hydrogen (secondary N) is 1. The van der Waals surface area contributed by atoms with Crippen LogP contribution < -0.4 is 10.1 Å². The van der Waals surface area contributed by atoms with Gasteiger partial charge in [-0.1, -0.05) is 6.92 Å². The maximum Gasteiger partial charge on any atom is 0.218 e. The molecule has 1 unspecified atom stereocenters. The lowest BCUT2D eigenvalue weighted by molar-refractivity contribution is 0.228. The molecule has 112 valence electrons. The van der Waals surface area contributed by atoms with E-state index in [9.17, 15) is 0 Å². The van der Waals surface area contributed by atoms with E-state index in [-0.39, 0.29) is 0 Å². The highest BCUT2D eigenvalue weighted by Gasteiger charge is 2.20. The normalized spacial score (nSPS) is 19.2. The van der Waals surface area contributed by atoms with Crippen molar-refractivity contribution in [3.05, 3.63) is 11.9 Å². The van der Waals surface area contributed by atoms with Crippen molar-refractivity contribution in [3.63, 3.8) is 0 Å². The van der Waals surface area contributed by atoms with Crippen LogP contribution in [0.2, 0.25) is 0 Å². The summed E-state index contributed by atoms with van der Waals surface area (Å²) in [5.41, 5.74) is 0. The number of hydrogen-bond acceptors (Lipinski definition) is 5. The van der Waals surface area contributed by atoms with Crippen molar-refractivity contribution < 1.29 is 4.74 Å². The molecule has 1 saturated heterocycles. The monoisotopic (exact) mass is 278 g/mol. The van der Waals surface area contributed by atoms with Gasteiger partial charge in [0.15, 0.2) is 0 Å². The van der Waals surface area contributed by atoms with Crippen LogP contribution in [0.25, 0.3) is 0 Å². The van der Waals surface area contributed by atoms with E-state index in [2.05, 4.69) is 41.1 Å². The Morgan fingerprint density at radius 2 is 2.25 bits per heavy atom. The van der Waals surface area contributed by atoms with E-state index >= 15 is 0 Å². The molecule has 0 aromatic carbocycles. The lowest BCUT2D eigenvalue weighted by Gasteiger charge is -2.19. The average molecular weight is 278 g/mol. The molecule has 5 heteroatoms. The molecule has 0 bridgehead atoms. The minimum atomic E-state index is 0.663. The van der Waals surface area contributed by atoms with Gasteiger partial charge in [0, 0.05) is 25.1 Å². The molecule has 0 spiro atoms. The van der Waals surface area contributed by atoms with Gasteiger partial charge in [-0.05, 0) is 39.8 Å². The third kappa shape index (κ3) is 4.07. The molecular formula is C15H26N4O. The SMILES string of the molecule is CCNc1cc(OCCC2CCCN2C)nc(CC)n1. The zero-order chi connectivity index (χ0) is 14.4. The Morgan fingerprint density at radius 3 is 2.90 bits per heavy atom. The number of aryl methyl sites for hydroxylation is 1. The second-order valence-electron chi connectivity index (χ2n) is 5.31. The molecule has 2 rings (SSSR count). The Bertz CT molecular complexity index is 424. The van der Waals surface area contributed by atoms with Crippen molar-refractivity contribution in [1.82, 2.24) is 14.9 Å². The van der Waals surface area contributed by atoms with Crippen molar-refractivity contribution in [2.45, 2.75) is 45.6 Å².